The Bertz CT molecular complexity index is 1440. The number of benzene rings is 2. The summed E-state index contributed by atoms with van der Waals surface area (Å²) in [4.78, 5) is 2.30. The van der Waals surface area contributed by atoms with Gasteiger partial charge in [0.05, 0.1) is 17.7 Å². The van der Waals surface area contributed by atoms with Crippen molar-refractivity contribution in [3.8, 4) is 6.07 Å². The molecule has 6 bridgehead atoms. The summed E-state index contributed by atoms with van der Waals surface area (Å²) < 4.78 is 30.5. The maximum absolute atomic E-state index is 15.2. The Morgan fingerprint density at radius 1 is 1.00 bits per heavy atom. The van der Waals surface area contributed by atoms with E-state index >= 15 is 8.78 Å². The maximum atomic E-state index is 15.2. The van der Waals surface area contributed by atoms with Crippen LogP contribution in [-0.4, -0.2) is 52.1 Å². The van der Waals surface area contributed by atoms with E-state index in [-0.39, 0.29) is 22.5 Å². The van der Waals surface area contributed by atoms with E-state index in [1.54, 1.807) is 12.1 Å². The van der Waals surface area contributed by atoms with Crippen molar-refractivity contribution in [2.24, 2.45) is 0 Å². The van der Waals surface area contributed by atoms with Crippen molar-refractivity contribution in [3.63, 3.8) is 0 Å². The second kappa shape index (κ2) is 13.6. The van der Waals surface area contributed by atoms with Crippen LogP contribution in [0.25, 0.3) is 10.8 Å². The van der Waals surface area contributed by atoms with Crippen LogP contribution in [0.5, 0.6) is 0 Å². The first-order valence-corrected chi connectivity index (χ1v) is 17.2. The van der Waals surface area contributed by atoms with Crippen molar-refractivity contribution in [3.05, 3.63) is 64.8 Å². The Labute approximate surface area is 251 Å². The number of fused-ring (bicyclic) bond motifs is 2. The van der Waals surface area contributed by atoms with Crippen LogP contribution in [0.4, 0.5) is 14.6 Å². The van der Waals surface area contributed by atoms with E-state index in [0.717, 1.165) is 91.4 Å². The van der Waals surface area contributed by atoms with Crippen LogP contribution in [0, 0.1) is 11.3 Å². The van der Waals surface area contributed by atoms with Crippen molar-refractivity contribution in [2.45, 2.75) is 82.6 Å². The Morgan fingerprint density at radius 2 is 1.79 bits per heavy atom. The van der Waals surface area contributed by atoms with Crippen LogP contribution in [-0.2, 0) is 24.3 Å². The minimum absolute atomic E-state index is 0.0607. The zero-order valence-electron chi connectivity index (χ0n) is 24.8. The summed E-state index contributed by atoms with van der Waals surface area (Å²) in [5, 5.41) is 24.6. The largest absolute Gasteiger partial charge is 0.364 e. The van der Waals surface area contributed by atoms with Gasteiger partial charge in [-0.2, -0.15) is 20.8 Å². The number of nitrogens with zero attached hydrogens (tertiary/aromatic N) is 4. The molecule has 2 aliphatic heterocycles. The average molecular weight is 592 g/mol. The summed E-state index contributed by atoms with van der Waals surface area (Å²) in [6.07, 6.45) is 9.03. The number of rotatable bonds is 2. The third kappa shape index (κ3) is 7.01. The molecule has 0 unspecified atom stereocenters. The van der Waals surface area contributed by atoms with E-state index in [0.29, 0.717) is 25.3 Å². The van der Waals surface area contributed by atoms with Gasteiger partial charge in [0.1, 0.15) is 0 Å². The van der Waals surface area contributed by atoms with Gasteiger partial charge in [0.15, 0.2) is 5.82 Å². The average Bonchev–Trinajstić information content (AvgIpc) is 3.01. The lowest BCUT2D eigenvalue weighted by molar-refractivity contribution is -0.0173. The van der Waals surface area contributed by atoms with Crippen LogP contribution in [0.15, 0.2) is 42.6 Å². The molecule has 0 aliphatic carbocycles. The first-order chi connectivity index (χ1) is 20.3. The van der Waals surface area contributed by atoms with Gasteiger partial charge in [-0.25, -0.2) is 8.78 Å². The number of aryl methyl sites for hydroxylation is 1. The first kappa shape index (κ1) is 30.6. The molecule has 1 fully saturated rings. The quantitative estimate of drug-likeness (QED) is 0.308. The monoisotopic (exact) mass is 591 g/mol. The summed E-state index contributed by atoms with van der Waals surface area (Å²) >= 11 is 0. The third-order valence-corrected chi connectivity index (χ3v) is 10.7. The highest BCUT2D eigenvalue weighted by Gasteiger charge is 2.36. The fraction of sp³-hybridized carbons (Fsp3) is 0.529. The molecule has 3 aromatic rings. The molecule has 8 heteroatoms. The van der Waals surface area contributed by atoms with Gasteiger partial charge in [-0.1, -0.05) is 49.9 Å². The summed E-state index contributed by atoms with van der Waals surface area (Å²) in [6, 6.07) is 13.8. The lowest BCUT2D eigenvalue weighted by atomic mass is 9.75. The molecular formula is C34H43F2N5S. The van der Waals surface area contributed by atoms with Crippen LogP contribution < -0.4 is 5.32 Å². The van der Waals surface area contributed by atoms with Gasteiger partial charge in [-0.05, 0) is 98.5 Å². The Morgan fingerprint density at radius 3 is 2.57 bits per heavy atom. The highest BCUT2D eigenvalue weighted by molar-refractivity contribution is 8.14. The van der Waals surface area contributed by atoms with Crippen LogP contribution in [0.2, 0.25) is 0 Å². The van der Waals surface area contributed by atoms with Gasteiger partial charge in [0, 0.05) is 29.3 Å². The number of aromatic nitrogens is 2. The van der Waals surface area contributed by atoms with Crippen molar-refractivity contribution in [1.82, 2.24) is 15.1 Å². The normalized spacial score (nSPS) is 24.5. The van der Waals surface area contributed by atoms with Crippen molar-refractivity contribution in [2.75, 3.05) is 36.5 Å². The Kier molecular flexibility index (Phi) is 9.90. The third-order valence-electron chi connectivity index (χ3n) is 9.16. The number of nitrogens with one attached hydrogen (secondary N) is 1. The summed E-state index contributed by atoms with van der Waals surface area (Å²) in [5.41, 5.74) is 2.57. The fourth-order valence-electron chi connectivity index (χ4n) is 6.40. The summed E-state index contributed by atoms with van der Waals surface area (Å²) in [5.74, 6) is 3.97. The zero-order chi connectivity index (χ0) is 29.6. The SMILES string of the molecule is C=S1CCC(C#N)(c2cc3c4cnnc(c4c2)NCc2cccc(c2)C(F)(F)CCCN(CC)CCCCCC3)CC1. The van der Waals surface area contributed by atoms with Crippen molar-refractivity contribution in [1.29, 1.82) is 5.26 Å². The predicted octanol–water partition coefficient (Wildman–Crippen LogP) is 7.81. The van der Waals surface area contributed by atoms with E-state index in [1.807, 2.05) is 12.3 Å². The first-order valence-electron chi connectivity index (χ1n) is 15.4. The molecule has 0 amide bonds. The van der Waals surface area contributed by atoms with E-state index < -0.39 is 11.3 Å². The van der Waals surface area contributed by atoms with Crippen LogP contribution >= 0.6 is 10.5 Å². The van der Waals surface area contributed by atoms with E-state index in [4.69, 9.17) is 0 Å². The number of hydrogen-bond donors (Lipinski definition) is 1. The Balaban J connectivity index is 1.52. The number of hydrogen-bond acceptors (Lipinski definition) is 5. The second-order valence-electron chi connectivity index (χ2n) is 12.0. The van der Waals surface area contributed by atoms with Gasteiger partial charge >= 0.3 is 0 Å². The number of nitriles is 1. The number of alkyl halides is 2. The molecule has 0 radical (unpaired) electrons. The fourth-order valence-corrected chi connectivity index (χ4v) is 7.88. The highest BCUT2D eigenvalue weighted by Crippen LogP contribution is 2.42. The number of halogens is 2. The molecular weight excluding hydrogens is 548 g/mol. The van der Waals surface area contributed by atoms with Crippen LogP contribution in [0.3, 0.4) is 0 Å². The molecule has 1 saturated heterocycles. The molecule has 42 heavy (non-hydrogen) atoms. The molecule has 2 aliphatic rings. The molecule has 0 atom stereocenters. The molecule has 5 nitrogen and oxygen atoms in total. The van der Waals surface area contributed by atoms with Crippen molar-refractivity contribution < 1.29 is 8.78 Å². The van der Waals surface area contributed by atoms with Gasteiger partial charge in [-0.15, -0.1) is 5.10 Å². The summed E-state index contributed by atoms with van der Waals surface area (Å²) in [7, 11) is 0.116. The molecule has 0 saturated carbocycles. The number of anilines is 1. The molecule has 1 N–H and O–H groups in total. The van der Waals surface area contributed by atoms with Gasteiger partial charge < -0.3 is 10.2 Å². The van der Waals surface area contributed by atoms with E-state index in [9.17, 15) is 5.26 Å². The van der Waals surface area contributed by atoms with E-state index in [1.165, 1.54) is 11.6 Å². The second-order valence-corrected chi connectivity index (χ2v) is 14.0. The zero-order valence-corrected chi connectivity index (χ0v) is 25.6. The predicted molar refractivity (Wildman–Crippen MR) is 172 cm³/mol. The molecule has 224 valence electrons. The summed E-state index contributed by atoms with van der Waals surface area (Å²) in [6.45, 7) is 4.99. The molecule has 3 heterocycles. The Hall–Kier alpha value is -2.89. The van der Waals surface area contributed by atoms with Crippen LogP contribution in [0.1, 0.15) is 80.5 Å². The minimum Gasteiger partial charge on any atom is -0.364 e. The molecule has 0 spiro atoms. The highest BCUT2D eigenvalue weighted by atomic mass is 32.2. The van der Waals surface area contributed by atoms with Gasteiger partial charge in [0.2, 0.25) is 0 Å². The van der Waals surface area contributed by atoms with Crippen molar-refractivity contribution >= 4 is 32.9 Å². The molecule has 1 aromatic heterocycles. The topological polar surface area (TPSA) is 64.8 Å². The smallest absolute Gasteiger partial charge is 0.273 e. The molecule has 2 aromatic carbocycles. The van der Waals surface area contributed by atoms with Gasteiger partial charge in [-0.3, -0.25) is 0 Å². The maximum Gasteiger partial charge on any atom is 0.273 e. The lowest BCUT2D eigenvalue weighted by Crippen LogP contribution is -2.30. The molecule has 5 rings (SSSR count). The standard InChI is InChI=1S/C34H43F2N5S/c1-3-41-16-7-5-4-6-11-27-21-29(33(25-37)14-18-42(2)19-15-33)22-30-31(27)24-39-40-32(30)38-23-26-10-8-12-28(20-26)34(35,36)13-9-17-41/h8,10,12,20-22,24H,2-7,9,11,13-19,23H2,1H3,(H,38,40). The minimum atomic E-state index is -2.88. The lowest BCUT2D eigenvalue weighted by Gasteiger charge is -2.33. The van der Waals surface area contributed by atoms with Gasteiger partial charge in [0.25, 0.3) is 5.92 Å². The van der Waals surface area contributed by atoms with E-state index in [2.05, 4.69) is 51.4 Å².